The van der Waals surface area contributed by atoms with Gasteiger partial charge in [-0.2, -0.15) is 9.97 Å². The van der Waals surface area contributed by atoms with E-state index >= 15 is 0 Å². The number of fused-ring (bicyclic) bond motifs is 1. The molecule has 162 valence electrons. The van der Waals surface area contributed by atoms with Gasteiger partial charge in [-0.3, -0.25) is 19.4 Å². The van der Waals surface area contributed by atoms with Gasteiger partial charge in [-0.25, -0.2) is 4.79 Å². The summed E-state index contributed by atoms with van der Waals surface area (Å²) in [6, 6.07) is 0. The molecule has 10 heteroatoms. The van der Waals surface area contributed by atoms with Crippen molar-refractivity contribution in [3.63, 3.8) is 0 Å². The smallest absolute Gasteiger partial charge is 0.330 e. The fraction of sp³-hybridized carbons (Fsp3) is 0.450. The van der Waals surface area contributed by atoms with E-state index in [0.717, 1.165) is 16.2 Å². The predicted octanol–water partition coefficient (Wildman–Crippen LogP) is 3.08. The number of hydrogen-bond acceptors (Lipinski definition) is 7. The minimum absolute atomic E-state index is 0.00542. The SMILES string of the molecule is COC1=C(C)N(O)CC(Cn2c(=O)n(CCC=C(C)C)c3c(Cl)nc(N)nc32)=C1C. The lowest BCUT2D eigenvalue weighted by molar-refractivity contribution is -0.0543. The van der Waals surface area contributed by atoms with Gasteiger partial charge in [0.25, 0.3) is 0 Å². The highest BCUT2D eigenvalue weighted by atomic mass is 35.5. The third-order valence-electron chi connectivity index (χ3n) is 5.21. The van der Waals surface area contributed by atoms with Crippen molar-refractivity contribution in [1.82, 2.24) is 24.2 Å². The Bertz CT molecular complexity index is 1140. The van der Waals surface area contributed by atoms with Crippen LogP contribution >= 0.6 is 11.6 Å². The highest BCUT2D eigenvalue weighted by Crippen LogP contribution is 2.28. The summed E-state index contributed by atoms with van der Waals surface area (Å²) < 4.78 is 8.53. The fourth-order valence-corrected chi connectivity index (χ4v) is 3.92. The van der Waals surface area contributed by atoms with E-state index in [0.29, 0.717) is 35.6 Å². The van der Waals surface area contributed by atoms with Crippen molar-refractivity contribution in [2.45, 2.75) is 47.2 Å². The van der Waals surface area contributed by atoms with E-state index in [-0.39, 0.29) is 29.9 Å². The van der Waals surface area contributed by atoms with Crippen LogP contribution in [0.15, 0.2) is 39.0 Å². The number of methoxy groups -OCH3 is 1. The summed E-state index contributed by atoms with van der Waals surface area (Å²) in [6.45, 7) is 8.58. The second-order valence-corrected chi connectivity index (χ2v) is 7.90. The van der Waals surface area contributed by atoms with Crippen molar-refractivity contribution in [2.75, 3.05) is 19.4 Å². The normalized spacial score (nSPS) is 14.7. The molecule has 0 spiro atoms. The Morgan fingerprint density at radius 2 is 2.00 bits per heavy atom. The van der Waals surface area contributed by atoms with Gasteiger partial charge in [0.1, 0.15) is 11.3 Å². The van der Waals surface area contributed by atoms with Crippen LogP contribution in [0.2, 0.25) is 5.15 Å². The van der Waals surface area contributed by atoms with Crippen LogP contribution < -0.4 is 11.4 Å². The monoisotopic (exact) mass is 434 g/mol. The summed E-state index contributed by atoms with van der Waals surface area (Å²) in [5.41, 5.74) is 9.83. The number of allylic oxidation sites excluding steroid dienone is 4. The molecule has 9 nitrogen and oxygen atoms in total. The number of aromatic nitrogens is 4. The standard InChI is InChI=1S/C20H27ClN6O3/c1-11(2)7-6-8-25-15-17(21)23-19(22)24-18(15)26(20(25)28)9-14-10-27(29)13(4)16(30-5)12(14)3/h7,29H,6,8-10H2,1-5H3,(H2,22,23,24). The van der Waals surface area contributed by atoms with Crippen LogP contribution in [-0.4, -0.2) is 43.0 Å². The lowest BCUT2D eigenvalue weighted by Crippen LogP contribution is -2.31. The van der Waals surface area contributed by atoms with Crippen molar-refractivity contribution < 1.29 is 9.94 Å². The maximum atomic E-state index is 13.3. The Morgan fingerprint density at radius 3 is 2.63 bits per heavy atom. The van der Waals surface area contributed by atoms with Crippen LogP contribution in [0.25, 0.3) is 11.2 Å². The van der Waals surface area contributed by atoms with E-state index in [1.807, 2.05) is 20.8 Å². The number of halogens is 1. The van der Waals surface area contributed by atoms with Gasteiger partial charge in [-0.15, -0.1) is 0 Å². The molecule has 2 aromatic heterocycles. The van der Waals surface area contributed by atoms with Crippen LogP contribution in [-0.2, 0) is 17.8 Å². The Balaban J connectivity index is 2.15. The number of nitrogens with zero attached hydrogens (tertiary/aromatic N) is 5. The molecule has 1 aliphatic heterocycles. The Kier molecular flexibility index (Phi) is 6.23. The van der Waals surface area contributed by atoms with E-state index in [4.69, 9.17) is 22.1 Å². The van der Waals surface area contributed by atoms with Gasteiger partial charge in [0.2, 0.25) is 5.95 Å². The van der Waals surface area contributed by atoms with Crippen molar-refractivity contribution in [1.29, 1.82) is 0 Å². The molecule has 3 heterocycles. The molecule has 0 unspecified atom stereocenters. The zero-order chi connectivity index (χ0) is 22.2. The van der Waals surface area contributed by atoms with Gasteiger partial charge in [0.05, 0.1) is 25.9 Å². The van der Waals surface area contributed by atoms with Gasteiger partial charge >= 0.3 is 5.69 Å². The van der Waals surface area contributed by atoms with Crippen molar-refractivity contribution in [3.8, 4) is 0 Å². The quantitative estimate of drug-likeness (QED) is 0.530. The topological polar surface area (TPSA) is 111 Å². The molecule has 0 fully saturated rings. The summed E-state index contributed by atoms with van der Waals surface area (Å²) >= 11 is 6.35. The minimum Gasteiger partial charge on any atom is -0.495 e. The lowest BCUT2D eigenvalue weighted by atomic mass is 10.0. The molecule has 30 heavy (non-hydrogen) atoms. The summed E-state index contributed by atoms with van der Waals surface area (Å²) in [7, 11) is 1.55. The van der Waals surface area contributed by atoms with Crippen LogP contribution in [0.3, 0.4) is 0 Å². The summed E-state index contributed by atoms with van der Waals surface area (Å²) in [5, 5.41) is 11.5. The number of nitrogen functional groups attached to an aromatic ring is 1. The lowest BCUT2D eigenvalue weighted by Gasteiger charge is -2.29. The number of ether oxygens (including phenoxy) is 1. The van der Waals surface area contributed by atoms with Crippen molar-refractivity contribution >= 4 is 28.7 Å². The molecule has 0 bridgehead atoms. The summed E-state index contributed by atoms with van der Waals surface area (Å²) in [5.74, 6) is 0.570. The minimum atomic E-state index is -0.260. The van der Waals surface area contributed by atoms with E-state index in [1.165, 1.54) is 10.1 Å². The average Bonchev–Trinajstić information content (AvgIpc) is 2.92. The number of rotatable bonds is 6. The zero-order valence-corrected chi connectivity index (χ0v) is 18.6. The Morgan fingerprint density at radius 1 is 1.30 bits per heavy atom. The molecule has 0 saturated carbocycles. The maximum Gasteiger partial charge on any atom is 0.330 e. The van der Waals surface area contributed by atoms with Gasteiger partial charge in [-0.05, 0) is 45.3 Å². The first-order chi connectivity index (χ1) is 14.1. The molecule has 0 saturated heterocycles. The highest BCUT2D eigenvalue weighted by Gasteiger charge is 2.25. The number of hydrogen-bond donors (Lipinski definition) is 2. The number of anilines is 1. The van der Waals surface area contributed by atoms with Gasteiger partial charge in [-0.1, -0.05) is 23.3 Å². The molecule has 2 aromatic rings. The first-order valence-electron chi connectivity index (χ1n) is 9.61. The van der Waals surface area contributed by atoms with Crippen LogP contribution in [0.5, 0.6) is 0 Å². The summed E-state index contributed by atoms with van der Waals surface area (Å²) in [6.07, 6.45) is 2.72. The first kappa shape index (κ1) is 21.9. The molecule has 0 radical (unpaired) electrons. The predicted molar refractivity (Wildman–Crippen MR) is 116 cm³/mol. The van der Waals surface area contributed by atoms with Crippen LogP contribution in [0.4, 0.5) is 5.95 Å². The summed E-state index contributed by atoms with van der Waals surface area (Å²) in [4.78, 5) is 21.6. The third-order valence-corrected chi connectivity index (χ3v) is 5.48. The van der Waals surface area contributed by atoms with Gasteiger partial charge in [0.15, 0.2) is 10.8 Å². The molecular weight excluding hydrogens is 408 g/mol. The van der Waals surface area contributed by atoms with E-state index in [1.54, 1.807) is 18.6 Å². The fourth-order valence-electron chi connectivity index (χ4n) is 3.64. The van der Waals surface area contributed by atoms with E-state index < -0.39 is 0 Å². The average molecular weight is 435 g/mol. The molecule has 0 aromatic carbocycles. The maximum absolute atomic E-state index is 13.3. The van der Waals surface area contributed by atoms with Crippen molar-refractivity contribution in [3.05, 3.63) is 49.9 Å². The second-order valence-electron chi connectivity index (χ2n) is 7.54. The molecule has 1 aliphatic rings. The Hall–Kier alpha value is -2.78. The molecule has 0 amide bonds. The molecule has 0 aliphatic carbocycles. The van der Waals surface area contributed by atoms with Crippen LogP contribution in [0, 0.1) is 0 Å². The van der Waals surface area contributed by atoms with Gasteiger partial charge < -0.3 is 10.5 Å². The third kappa shape index (κ3) is 3.95. The molecular formula is C20H27ClN6O3. The molecule has 3 N–H and O–H groups in total. The van der Waals surface area contributed by atoms with Gasteiger partial charge in [0, 0.05) is 6.54 Å². The van der Waals surface area contributed by atoms with E-state index in [9.17, 15) is 10.0 Å². The Labute approximate surface area is 179 Å². The van der Waals surface area contributed by atoms with Crippen LogP contribution in [0.1, 0.15) is 34.1 Å². The van der Waals surface area contributed by atoms with E-state index in [2.05, 4.69) is 16.0 Å². The number of aryl methyl sites for hydroxylation is 1. The molecule has 3 rings (SSSR count). The molecule has 0 atom stereocenters. The second kappa shape index (κ2) is 8.53. The first-order valence-corrected chi connectivity index (χ1v) is 9.99. The van der Waals surface area contributed by atoms with Crippen molar-refractivity contribution in [2.24, 2.45) is 0 Å². The number of nitrogens with two attached hydrogens (primary N) is 1. The number of hydroxylamine groups is 2. The largest absolute Gasteiger partial charge is 0.495 e. The highest BCUT2D eigenvalue weighted by molar-refractivity contribution is 6.33. The zero-order valence-electron chi connectivity index (χ0n) is 17.9. The number of imidazole rings is 1.